The number of hydrogen-bond donors (Lipinski definition) is 6. The number of amidine groups is 1. The van der Waals surface area contributed by atoms with Crippen LogP contribution < -0.4 is 27.2 Å². The summed E-state index contributed by atoms with van der Waals surface area (Å²) in [5.74, 6) is 3.86. The van der Waals surface area contributed by atoms with Gasteiger partial charge in [-0.2, -0.15) is 5.10 Å². The summed E-state index contributed by atoms with van der Waals surface area (Å²) in [6, 6.07) is 2.12. The second-order valence-electron chi connectivity index (χ2n) is 9.32. The van der Waals surface area contributed by atoms with Crippen molar-refractivity contribution in [1.29, 1.82) is 0 Å². The van der Waals surface area contributed by atoms with Crippen LogP contribution in [0.4, 0.5) is 5.82 Å². The number of nitrogens with two attached hydrogens (primary N) is 1. The number of hydroxylamine groups is 1. The van der Waals surface area contributed by atoms with Crippen molar-refractivity contribution >= 4 is 11.7 Å². The van der Waals surface area contributed by atoms with E-state index in [-0.39, 0.29) is 6.04 Å². The molecule has 1 aliphatic rings. The van der Waals surface area contributed by atoms with Crippen LogP contribution >= 0.6 is 0 Å². The van der Waals surface area contributed by atoms with Gasteiger partial charge in [-0.05, 0) is 44.0 Å². The van der Waals surface area contributed by atoms with Crippen molar-refractivity contribution < 1.29 is 4.84 Å². The lowest BCUT2D eigenvalue weighted by Crippen LogP contribution is -2.35. The fourth-order valence-electron chi connectivity index (χ4n) is 3.42. The Morgan fingerprint density at radius 3 is 2.63 bits per heavy atom. The molecule has 35 heavy (non-hydrogen) atoms. The van der Waals surface area contributed by atoms with Crippen molar-refractivity contribution in [3.05, 3.63) is 47.9 Å². The van der Waals surface area contributed by atoms with E-state index < -0.39 is 0 Å². The van der Waals surface area contributed by atoms with Crippen LogP contribution in [0.3, 0.4) is 0 Å². The molecule has 0 aliphatic carbocycles. The maximum atomic E-state index is 6.22. The van der Waals surface area contributed by atoms with E-state index in [0.717, 1.165) is 44.1 Å². The summed E-state index contributed by atoms with van der Waals surface area (Å²) in [7, 11) is 0. The number of nitrogens with one attached hydrogen (secondary N) is 5. The second-order valence-corrected chi connectivity index (χ2v) is 9.32. The predicted molar refractivity (Wildman–Crippen MR) is 144 cm³/mol. The van der Waals surface area contributed by atoms with Gasteiger partial charge in [-0.1, -0.05) is 48.1 Å². The highest BCUT2D eigenvalue weighted by Gasteiger charge is 2.19. The lowest BCUT2D eigenvalue weighted by Gasteiger charge is -2.20. The van der Waals surface area contributed by atoms with E-state index in [1.165, 1.54) is 0 Å². The van der Waals surface area contributed by atoms with Crippen LogP contribution in [0.15, 0.2) is 47.2 Å². The van der Waals surface area contributed by atoms with Crippen LogP contribution in [0.1, 0.15) is 59.6 Å². The van der Waals surface area contributed by atoms with Crippen molar-refractivity contribution in [3.63, 3.8) is 0 Å². The van der Waals surface area contributed by atoms with Crippen LogP contribution in [0.5, 0.6) is 0 Å². The Hall–Kier alpha value is -2.98. The molecule has 1 atom stereocenters. The normalized spacial score (nSPS) is 16.6. The Labute approximate surface area is 210 Å². The van der Waals surface area contributed by atoms with Crippen LogP contribution in [0.2, 0.25) is 0 Å². The maximum Gasteiger partial charge on any atom is 0.175 e. The van der Waals surface area contributed by atoms with E-state index in [2.05, 4.69) is 95.7 Å². The molecule has 0 bridgehead atoms. The average Bonchev–Trinajstić information content (AvgIpc) is 3.47. The minimum Gasteiger partial charge on any atom is -0.411 e. The number of aromatic amines is 1. The van der Waals surface area contributed by atoms with E-state index in [1.807, 2.05) is 6.07 Å². The molecular formula is C25H45N9O. The zero-order valence-corrected chi connectivity index (χ0v) is 22.2. The molecule has 1 aromatic heterocycles. The van der Waals surface area contributed by atoms with Gasteiger partial charge in [-0.25, -0.2) is 4.99 Å². The number of rotatable bonds is 16. The number of aromatic nitrogens is 2. The van der Waals surface area contributed by atoms with Crippen molar-refractivity contribution in [1.82, 2.24) is 36.5 Å². The number of nitrogens with zero attached hydrogens (tertiary/aromatic N) is 3. The van der Waals surface area contributed by atoms with Crippen LogP contribution in [0.25, 0.3) is 0 Å². The molecule has 196 valence electrons. The summed E-state index contributed by atoms with van der Waals surface area (Å²) >= 11 is 0. The molecule has 1 aromatic rings. The zero-order chi connectivity index (χ0) is 25.8. The molecule has 0 fully saturated rings. The Morgan fingerprint density at radius 2 is 2.03 bits per heavy atom. The molecule has 2 heterocycles. The first kappa shape index (κ1) is 28.3. The number of aliphatic imine (C=N–C) groups is 1. The average molecular weight is 488 g/mol. The molecule has 0 amide bonds. The van der Waals surface area contributed by atoms with Gasteiger partial charge in [-0.3, -0.25) is 5.10 Å². The molecule has 0 saturated heterocycles. The highest BCUT2D eigenvalue weighted by atomic mass is 16.7. The smallest absolute Gasteiger partial charge is 0.175 e. The van der Waals surface area contributed by atoms with Gasteiger partial charge >= 0.3 is 0 Å². The Kier molecular flexibility index (Phi) is 11.6. The second kappa shape index (κ2) is 14.4. The summed E-state index contributed by atoms with van der Waals surface area (Å²) in [5, 5.41) is 17.2. The minimum atomic E-state index is 0.213. The number of H-pyrrole nitrogens is 1. The Bertz CT molecular complexity index is 881. The molecule has 10 heteroatoms. The monoisotopic (exact) mass is 487 g/mol. The predicted octanol–water partition coefficient (Wildman–Crippen LogP) is 2.78. The van der Waals surface area contributed by atoms with Crippen molar-refractivity contribution in [2.75, 3.05) is 32.7 Å². The van der Waals surface area contributed by atoms with Gasteiger partial charge in [0.25, 0.3) is 0 Å². The first-order chi connectivity index (χ1) is 16.7. The van der Waals surface area contributed by atoms with E-state index >= 15 is 0 Å². The summed E-state index contributed by atoms with van der Waals surface area (Å²) in [4.78, 5) is 12.4. The fraction of sp³-hybridized carbons (Fsp3) is 0.600. The fourth-order valence-corrected chi connectivity index (χ4v) is 3.42. The largest absolute Gasteiger partial charge is 0.411 e. The summed E-state index contributed by atoms with van der Waals surface area (Å²) in [6.45, 7) is 21.4. The van der Waals surface area contributed by atoms with Crippen molar-refractivity contribution in [3.8, 4) is 0 Å². The summed E-state index contributed by atoms with van der Waals surface area (Å²) < 4.78 is 0. The van der Waals surface area contributed by atoms with E-state index in [4.69, 9.17) is 10.6 Å². The Balaban J connectivity index is 2.00. The molecule has 0 saturated carbocycles. The molecule has 10 nitrogen and oxygen atoms in total. The lowest BCUT2D eigenvalue weighted by molar-refractivity contribution is 0.101. The number of hydrogen-bond acceptors (Lipinski definition) is 8. The molecular weight excluding hydrogens is 442 g/mol. The first-order valence-electron chi connectivity index (χ1n) is 12.6. The highest BCUT2D eigenvalue weighted by Crippen LogP contribution is 2.17. The molecule has 7 N–H and O–H groups in total. The summed E-state index contributed by atoms with van der Waals surface area (Å²) in [6.07, 6.45) is 4.85. The van der Waals surface area contributed by atoms with Gasteiger partial charge in [0.15, 0.2) is 5.82 Å². The zero-order valence-electron chi connectivity index (χ0n) is 22.2. The van der Waals surface area contributed by atoms with E-state index in [9.17, 15) is 0 Å². The maximum absolute atomic E-state index is 6.22. The quantitative estimate of drug-likeness (QED) is 0.119. The molecule has 1 aliphatic heterocycles. The topological polar surface area (TPSA) is 128 Å². The molecule has 1 unspecified atom stereocenters. The van der Waals surface area contributed by atoms with Gasteiger partial charge in [0.05, 0.1) is 18.4 Å². The summed E-state index contributed by atoms with van der Waals surface area (Å²) in [5.41, 5.74) is 10.3. The van der Waals surface area contributed by atoms with Gasteiger partial charge in [0, 0.05) is 24.4 Å². The van der Waals surface area contributed by atoms with Gasteiger partial charge in [-0.15, -0.1) is 5.48 Å². The van der Waals surface area contributed by atoms with Crippen LogP contribution in [0, 0.1) is 5.92 Å². The lowest BCUT2D eigenvalue weighted by atomic mass is 10.1. The van der Waals surface area contributed by atoms with E-state index in [0.29, 0.717) is 41.7 Å². The molecule has 0 aromatic carbocycles. The SMILES string of the molecule is C=C(NCC1=CC(C(C)C)NO1)NC(=CC(N)=Nc1cc(C(C)C)[nH]n1)NCCCN(CC)CC. The third-order valence-corrected chi connectivity index (χ3v) is 5.77. The highest BCUT2D eigenvalue weighted by molar-refractivity contribution is 5.93. The molecule has 2 rings (SSSR count). The van der Waals surface area contributed by atoms with Gasteiger partial charge < -0.3 is 31.4 Å². The van der Waals surface area contributed by atoms with Crippen molar-refractivity contribution in [2.24, 2.45) is 16.6 Å². The third kappa shape index (κ3) is 10.0. The standard InChI is InChI=1S/C25H45N9O/c1-8-34(9-2)12-10-11-27-24(15-23(26)30-25-14-21(17(3)4)31-32-25)29-19(7)28-16-20-13-22(18(5)6)33-35-20/h13-15,17-18,22,27-29,33H,7-12,16H2,1-6H3,(H3,26,30,31,32). The van der Waals surface area contributed by atoms with Gasteiger partial charge in [0.1, 0.15) is 17.4 Å². The molecule has 0 radical (unpaired) electrons. The Morgan fingerprint density at radius 1 is 1.29 bits per heavy atom. The van der Waals surface area contributed by atoms with Crippen molar-refractivity contribution in [2.45, 2.75) is 59.9 Å². The van der Waals surface area contributed by atoms with E-state index in [1.54, 1.807) is 6.08 Å². The van der Waals surface area contributed by atoms with Crippen LogP contribution in [-0.2, 0) is 4.84 Å². The van der Waals surface area contributed by atoms with Gasteiger partial charge in [0.2, 0.25) is 0 Å². The third-order valence-electron chi connectivity index (χ3n) is 5.77. The molecule has 0 spiro atoms. The minimum absolute atomic E-state index is 0.213. The van der Waals surface area contributed by atoms with Crippen LogP contribution in [-0.4, -0.2) is 59.7 Å². The first-order valence-corrected chi connectivity index (χ1v) is 12.6.